The maximum Gasteiger partial charge on any atom is 0.254 e. The minimum atomic E-state index is -0.331. The van der Waals surface area contributed by atoms with Gasteiger partial charge in [0.05, 0.1) is 29.8 Å². The maximum absolute atomic E-state index is 14.0. The van der Waals surface area contributed by atoms with Gasteiger partial charge < -0.3 is 15.4 Å². The Kier molecular flexibility index (Phi) is 6.29. The van der Waals surface area contributed by atoms with Crippen LogP contribution in [0.4, 0.5) is 0 Å². The quantitative estimate of drug-likeness (QED) is 0.600. The smallest absolute Gasteiger partial charge is 0.254 e. The van der Waals surface area contributed by atoms with Crippen LogP contribution in [0.5, 0.6) is 5.75 Å². The molecule has 35 heavy (non-hydrogen) atoms. The number of hydrogen-bond donors (Lipinski definition) is 1. The highest BCUT2D eigenvalue weighted by Gasteiger charge is 2.33. The first-order valence-electron chi connectivity index (χ1n) is 12.3. The molecule has 2 atom stereocenters. The number of nitrogens with zero attached hydrogens (tertiary/aromatic N) is 2. The topological polar surface area (TPSA) is 85.5 Å². The number of rotatable bonds is 4. The van der Waals surface area contributed by atoms with Crippen molar-refractivity contribution in [2.24, 2.45) is 17.6 Å². The van der Waals surface area contributed by atoms with E-state index in [1.807, 2.05) is 53.4 Å². The van der Waals surface area contributed by atoms with E-state index in [1.165, 1.54) is 0 Å². The van der Waals surface area contributed by atoms with Gasteiger partial charge in [0.2, 0.25) is 5.91 Å². The first-order chi connectivity index (χ1) is 16.9. The third kappa shape index (κ3) is 4.53. The number of para-hydroxylation sites is 1. The molecule has 1 saturated heterocycles. The number of benzene rings is 2. The van der Waals surface area contributed by atoms with Gasteiger partial charge in [-0.25, -0.2) is 4.98 Å². The molecule has 5 rings (SSSR count). The Morgan fingerprint density at radius 2 is 1.89 bits per heavy atom. The van der Waals surface area contributed by atoms with Gasteiger partial charge in [0.1, 0.15) is 5.75 Å². The van der Waals surface area contributed by atoms with E-state index >= 15 is 0 Å². The standard InChI is InChI=1S/C29H31N3O3/c1-18-14-21(16-19-9-11-22(35-2)12-10-19)27-24(15-18)26(23-7-3-4-8-25(23)31-27)29(34)32-13-5-6-20(17-32)28(30)33/h3-4,7-12,16,18,20H,5-6,13-15,17H2,1-2H3,(H2,30,33). The number of carbonyl (C=O) groups is 2. The number of allylic oxidation sites excluding steroid dienone is 1. The Morgan fingerprint density at radius 1 is 1.11 bits per heavy atom. The summed E-state index contributed by atoms with van der Waals surface area (Å²) in [7, 11) is 1.66. The van der Waals surface area contributed by atoms with Crippen LogP contribution in [0.1, 0.15) is 53.4 Å². The van der Waals surface area contributed by atoms with Crippen molar-refractivity contribution < 1.29 is 14.3 Å². The number of fused-ring (bicyclic) bond motifs is 2. The lowest BCUT2D eigenvalue weighted by Crippen LogP contribution is -2.44. The number of pyridine rings is 1. The summed E-state index contributed by atoms with van der Waals surface area (Å²) in [6.45, 7) is 3.24. The molecule has 2 N–H and O–H groups in total. The molecule has 2 heterocycles. The van der Waals surface area contributed by atoms with E-state index in [2.05, 4.69) is 13.0 Å². The molecule has 6 nitrogen and oxygen atoms in total. The van der Waals surface area contributed by atoms with Gasteiger partial charge in [-0.15, -0.1) is 0 Å². The lowest BCUT2D eigenvalue weighted by Gasteiger charge is -2.33. The van der Waals surface area contributed by atoms with Gasteiger partial charge in [0.15, 0.2) is 0 Å². The molecule has 2 amide bonds. The van der Waals surface area contributed by atoms with Crippen LogP contribution in [0.15, 0.2) is 48.5 Å². The number of piperidine rings is 1. The minimum absolute atomic E-state index is 0.0244. The van der Waals surface area contributed by atoms with E-state index in [1.54, 1.807) is 7.11 Å². The van der Waals surface area contributed by atoms with Crippen molar-refractivity contribution in [3.63, 3.8) is 0 Å². The molecule has 2 aromatic carbocycles. The third-order valence-corrected chi connectivity index (χ3v) is 7.20. The molecular formula is C29H31N3O3. The molecule has 0 spiro atoms. The van der Waals surface area contributed by atoms with E-state index in [4.69, 9.17) is 15.5 Å². The van der Waals surface area contributed by atoms with Gasteiger partial charge in [0, 0.05) is 18.5 Å². The summed E-state index contributed by atoms with van der Waals surface area (Å²) < 4.78 is 5.30. The lowest BCUT2D eigenvalue weighted by atomic mass is 9.80. The van der Waals surface area contributed by atoms with Crippen LogP contribution in [-0.4, -0.2) is 41.9 Å². The number of hydrogen-bond acceptors (Lipinski definition) is 4. The molecule has 1 aliphatic heterocycles. The van der Waals surface area contributed by atoms with Crippen LogP contribution < -0.4 is 10.5 Å². The largest absolute Gasteiger partial charge is 0.497 e. The summed E-state index contributed by atoms with van der Waals surface area (Å²) in [6.07, 6.45) is 5.38. The van der Waals surface area contributed by atoms with E-state index in [0.29, 0.717) is 19.0 Å². The molecule has 3 aromatic rings. The molecule has 1 fully saturated rings. The zero-order valence-electron chi connectivity index (χ0n) is 20.3. The Hall–Kier alpha value is -3.67. The molecule has 0 radical (unpaired) electrons. The average molecular weight is 470 g/mol. The molecule has 2 aliphatic rings. The highest BCUT2D eigenvalue weighted by molar-refractivity contribution is 6.09. The number of amides is 2. The van der Waals surface area contributed by atoms with Gasteiger partial charge in [-0.1, -0.05) is 37.3 Å². The van der Waals surface area contributed by atoms with Crippen LogP contribution >= 0.6 is 0 Å². The second-order valence-electron chi connectivity index (χ2n) is 9.78. The van der Waals surface area contributed by atoms with Crippen molar-refractivity contribution in [3.05, 3.63) is 70.9 Å². The van der Waals surface area contributed by atoms with Crippen LogP contribution in [-0.2, 0) is 11.2 Å². The number of likely N-dealkylation sites (tertiary alicyclic amines) is 1. The predicted octanol–water partition coefficient (Wildman–Crippen LogP) is 4.70. The van der Waals surface area contributed by atoms with Crippen molar-refractivity contribution in [3.8, 4) is 5.75 Å². The van der Waals surface area contributed by atoms with Gasteiger partial charge in [-0.3, -0.25) is 9.59 Å². The molecule has 0 bridgehead atoms. The first kappa shape index (κ1) is 23.1. The van der Waals surface area contributed by atoms with E-state index in [0.717, 1.165) is 70.3 Å². The zero-order valence-corrected chi connectivity index (χ0v) is 20.3. The Labute approximate surface area is 205 Å². The fourth-order valence-electron chi connectivity index (χ4n) is 5.43. The molecule has 1 aliphatic carbocycles. The number of carbonyl (C=O) groups excluding carboxylic acids is 2. The summed E-state index contributed by atoms with van der Waals surface area (Å²) in [5.41, 5.74) is 11.3. The molecule has 6 heteroatoms. The summed E-state index contributed by atoms with van der Waals surface area (Å²) in [5, 5.41) is 0.871. The molecule has 180 valence electrons. The molecule has 0 saturated carbocycles. The van der Waals surface area contributed by atoms with Gasteiger partial charge in [0.25, 0.3) is 5.91 Å². The van der Waals surface area contributed by atoms with Crippen LogP contribution in [0, 0.1) is 11.8 Å². The Morgan fingerprint density at radius 3 is 2.63 bits per heavy atom. The van der Waals surface area contributed by atoms with Crippen molar-refractivity contribution in [1.82, 2.24) is 9.88 Å². The second-order valence-corrected chi connectivity index (χ2v) is 9.78. The number of aromatic nitrogens is 1. The van der Waals surface area contributed by atoms with Crippen molar-refractivity contribution in [2.75, 3.05) is 20.2 Å². The second kappa shape index (κ2) is 9.53. The van der Waals surface area contributed by atoms with Gasteiger partial charge in [-0.05, 0) is 72.6 Å². The van der Waals surface area contributed by atoms with Crippen LogP contribution in [0.25, 0.3) is 22.6 Å². The van der Waals surface area contributed by atoms with Crippen LogP contribution in [0.2, 0.25) is 0 Å². The first-order valence-corrected chi connectivity index (χ1v) is 12.3. The predicted molar refractivity (Wildman–Crippen MR) is 138 cm³/mol. The minimum Gasteiger partial charge on any atom is -0.497 e. The van der Waals surface area contributed by atoms with Crippen molar-refractivity contribution >= 4 is 34.4 Å². The number of nitrogens with two attached hydrogens (primary N) is 1. The van der Waals surface area contributed by atoms with Gasteiger partial charge >= 0.3 is 0 Å². The van der Waals surface area contributed by atoms with Crippen molar-refractivity contribution in [2.45, 2.75) is 32.6 Å². The van der Waals surface area contributed by atoms with Crippen LogP contribution in [0.3, 0.4) is 0 Å². The highest BCUT2D eigenvalue weighted by Crippen LogP contribution is 2.39. The van der Waals surface area contributed by atoms with Gasteiger partial charge in [-0.2, -0.15) is 0 Å². The van der Waals surface area contributed by atoms with Crippen molar-refractivity contribution in [1.29, 1.82) is 0 Å². The normalized spacial score (nSPS) is 21.1. The number of primary amides is 1. The molecule has 1 aromatic heterocycles. The summed E-state index contributed by atoms with van der Waals surface area (Å²) in [5.74, 6) is 0.547. The molecule has 2 unspecified atom stereocenters. The third-order valence-electron chi connectivity index (χ3n) is 7.20. The number of ether oxygens (including phenoxy) is 1. The fraction of sp³-hybridized carbons (Fsp3) is 0.345. The number of methoxy groups -OCH3 is 1. The summed E-state index contributed by atoms with van der Waals surface area (Å²) >= 11 is 0. The highest BCUT2D eigenvalue weighted by atomic mass is 16.5. The maximum atomic E-state index is 14.0. The lowest BCUT2D eigenvalue weighted by molar-refractivity contribution is -0.123. The fourth-order valence-corrected chi connectivity index (χ4v) is 5.43. The zero-order chi connectivity index (χ0) is 24.5. The Balaban J connectivity index is 1.64. The van der Waals surface area contributed by atoms with E-state index in [9.17, 15) is 9.59 Å². The van der Waals surface area contributed by atoms with E-state index < -0.39 is 0 Å². The monoisotopic (exact) mass is 469 g/mol. The molecular weight excluding hydrogens is 438 g/mol. The SMILES string of the molecule is COc1ccc(C=C2CC(C)Cc3c2nc2ccccc2c3C(=O)N2CCCC(C(N)=O)C2)cc1. The Bertz CT molecular complexity index is 1310. The van der Waals surface area contributed by atoms with E-state index in [-0.39, 0.29) is 17.7 Å². The average Bonchev–Trinajstić information content (AvgIpc) is 2.87. The summed E-state index contributed by atoms with van der Waals surface area (Å²) in [4.78, 5) is 32.7. The summed E-state index contributed by atoms with van der Waals surface area (Å²) in [6, 6.07) is 15.8.